The Bertz CT molecular complexity index is 527. The van der Waals surface area contributed by atoms with Crippen LogP contribution in [0.2, 0.25) is 0 Å². The summed E-state index contributed by atoms with van der Waals surface area (Å²) < 4.78 is 10.6. The predicted octanol–water partition coefficient (Wildman–Crippen LogP) is 2.06. The lowest BCUT2D eigenvalue weighted by Crippen LogP contribution is -2.48. The van der Waals surface area contributed by atoms with E-state index in [-0.39, 0.29) is 12.5 Å². The highest BCUT2D eigenvalue weighted by Gasteiger charge is 2.34. The molecule has 0 aliphatic carbocycles. The van der Waals surface area contributed by atoms with Crippen LogP contribution in [-0.2, 0) is 14.3 Å². The molecule has 20 heavy (non-hydrogen) atoms. The number of carbonyl (C=O) groups is 2. The topological polar surface area (TPSA) is 55.8 Å². The molecule has 1 amide bonds. The molecule has 0 spiro atoms. The number of hydrogen-bond acceptors (Lipinski definition) is 4. The van der Waals surface area contributed by atoms with Gasteiger partial charge in [-0.25, -0.2) is 0 Å². The van der Waals surface area contributed by atoms with E-state index in [4.69, 9.17) is 9.47 Å². The van der Waals surface area contributed by atoms with Crippen molar-refractivity contribution < 1.29 is 19.1 Å². The maximum absolute atomic E-state index is 12.4. The highest BCUT2D eigenvalue weighted by atomic mass is 16.5. The SMILES string of the molecule is CCOC(=O)CN1C(=O)[C@H](CC)Oc2ccc(C)cc21. The normalized spacial score (nSPS) is 17.4. The minimum Gasteiger partial charge on any atom is -0.478 e. The number of anilines is 1. The quantitative estimate of drug-likeness (QED) is 0.790. The van der Waals surface area contributed by atoms with Crippen LogP contribution in [0.15, 0.2) is 18.2 Å². The summed E-state index contributed by atoms with van der Waals surface area (Å²) in [4.78, 5) is 25.5. The molecule has 0 saturated heterocycles. The average molecular weight is 277 g/mol. The van der Waals surface area contributed by atoms with E-state index in [0.29, 0.717) is 24.5 Å². The van der Waals surface area contributed by atoms with Crippen LogP contribution in [0.4, 0.5) is 5.69 Å². The number of rotatable bonds is 4. The van der Waals surface area contributed by atoms with Crippen molar-refractivity contribution in [2.45, 2.75) is 33.3 Å². The van der Waals surface area contributed by atoms with Crippen molar-refractivity contribution in [2.24, 2.45) is 0 Å². The Morgan fingerprint density at radius 1 is 1.40 bits per heavy atom. The second kappa shape index (κ2) is 5.94. The fraction of sp³-hybridized carbons (Fsp3) is 0.467. The molecule has 1 heterocycles. The number of esters is 1. The molecular formula is C15H19NO4. The molecule has 108 valence electrons. The summed E-state index contributed by atoms with van der Waals surface area (Å²) in [6.07, 6.45) is 0.0190. The Balaban J connectivity index is 2.34. The van der Waals surface area contributed by atoms with Crippen LogP contribution in [0, 0.1) is 6.92 Å². The number of benzene rings is 1. The van der Waals surface area contributed by atoms with E-state index in [9.17, 15) is 9.59 Å². The summed E-state index contributed by atoms with van der Waals surface area (Å²) in [5.74, 6) is 0.0232. The van der Waals surface area contributed by atoms with Crippen molar-refractivity contribution >= 4 is 17.6 Å². The number of amides is 1. The minimum absolute atomic E-state index is 0.0804. The lowest BCUT2D eigenvalue weighted by atomic mass is 10.1. The monoisotopic (exact) mass is 277 g/mol. The molecule has 5 heteroatoms. The summed E-state index contributed by atoms with van der Waals surface area (Å²) in [6.45, 7) is 5.77. The third-order valence-electron chi connectivity index (χ3n) is 3.18. The Kier molecular flexibility index (Phi) is 4.27. The summed E-state index contributed by atoms with van der Waals surface area (Å²) in [6, 6.07) is 5.60. The van der Waals surface area contributed by atoms with E-state index < -0.39 is 12.1 Å². The van der Waals surface area contributed by atoms with Crippen molar-refractivity contribution in [3.8, 4) is 5.75 Å². The molecule has 0 saturated carbocycles. The largest absolute Gasteiger partial charge is 0.478 e. The highest BCUT2D eigenvalue weighted by Crippen LogP contribution is 2.35. The van der Waals surface area contributed by atoms with Gasteiger partial charge in [-0.1, -0.05) is 13.0 Å². The fourth-order valence-corrected chi connectivity index (χ4v) is 2.19. The molecule has 0 fully saturated rings. The lowest BCUT2D eigenvalue weighted by Gasteiger charge is -2.33. The van der Waals surface area contributed by atoms with Gasteiger partial charge in [-0.15, -0.1) is 0 Å². The first-order valence-corrected chi connectivity index (χ1v) is 6.81. The minimum atomic E-state index is -0.542. The number of nitrogens with zero attached hydrogens (tertiary/aromatic N) is 1. The smallest absolute Gasteiger partial charge is 0.326 e. The number of aryl methyl sites for hydroxylation is 1. The molecule has 0 radical (unpaired) electrons. The summed E-state index contributed by atoms with van der Waals surface area (Å²) in [7, 11) is 0. The maximum atomic E-state index is 12.4. The predicted molar refractivity (Wildman–Crippen MR) is 74.9 cm³/mol. The van der Waals surface area contributed by atoms with Gasteiger partial charge in [-0.05, 0) is 38.0 Å². The second-order valence-corrected chi connectivity index (χ2v) is 4.72. The number of hydrogen-bond donors (Lipinski definition) is 0. The van der Waals surface area contributed by atoms with Gasteiger partial charge in [0.25, 0.3) is 5.91 Å². The molecule has 1 aliphatic heterocycles. The van der Waals surface area contributed by atoms with E-state index in [1.54, 1.807) is 6.92 Å². The molecule has 0 unspecified atom stereocenters. The molecule has 5 nitrogen and oxygen atoms in total. The Morgan fingerprint density at radius 3 is 2.80 bits per heavy atom. The number of fused-ring (bicyclic) bond motifs is 1. The summed E-state index contributed by atoms with van der Waals surface area (Å²) in [5.41, 5.74) is 1.64. The van der Waals surface area contributed by atoms with Crippen molar-refractivity contribution in [1.29, 1.82) is 0 Å². The third-order valence-corrected chi connectivity index (χ3v) is 3.18. The first kappa shape index (κ1) is 14.4. The van der Waals surface area contributed by atoms with Gasteiger partial charge in [-0.3, -0.25) is 14.5 Å². The Morgan fingerprint density at radius 2 is 2.15 bits per heavy atom. The molecule has 1 aromatic rings. The van der Waals surface area contributed by atoms with Gasteiger partial charge >= 0.3 is 5.97 Å². The maximum Gasteiger partial charge on any atom is 0.326 e. The molecule has 1 atom stereocenters. The molecule has 1 aliphatic rings. The zero-order chi connectivity index (χ0) is 14.7. The second-order valence-electron chi connectivity index (χ2n) is 4.72. The average Bonchev–Trinajstić information content (AvgIpc) is 2.42. The van der Waals surface area contributed by atoms with Gasteiger partial charge in [0.05, 0.1) is 12.3 Å². The third kappa shape index (κ3) is 2.76. The summed E-state index contributed by atoms with van der Waals surface area (Å²) >= 11 is 0. The molecule has 0 aromatic heterocycles. The summed E-state index contributed by atoms with van der Waals surface area (Å²) in [5, 5.41) is 0. The van der Waals surface area contributed by atoms with Gasteiger partial charge in [0.15, 0.2) is 6.10 Å². The van der Waals surface area contributed by atoms with Crippen molar-refractivity contribution in [1.82, 2.24) is 0 Å². The van der Waals surface area contributed by atoms with Crippen LogP contribution in [0.25, 0.3) is 0 Å². The molecule has 0 bridgehead atoms. The first-order valence-electron chi connectivity index (χ1n) is 6.81. The van der Waals surface area contributed by atoms with Gasteiger partial charge in [0.1, 0.15) is 12.3 Å². The zero-order valence-corrected chi connectivity index (χ0v) is 12.0. The van der Waals surface area contributed by atoms with Crippen molar-refractivity contribution in [2.75, 3.05) is 18.1 Å². The van der Waals surface area contributed by atoms with E-state index in [1.165, 1.54) is 4.90 Å². The van der Waals surface area contributed by atoms with Gasteiger partial charge < -0.3 is 9.47 Å². The standard InChI is InChI=1S/C15H19NO4/c1-4-12-15(18)16(9-14(17)19-5-2)11-8-10(3)6-7-13(11)20-12/h6-8,12H,4-5,9H2,1-3H3/t12-/m0/s1. The van der Waals surface area contributed by atoms with Gasteiger partial charge in [0.2, 0.25) is 0 Å². The molecule has 1 aromatic carbocycles. The van der Waals surface area contributed by atoms with Crippen molar-refractivity contribution in [3.05, 3.63) is 23.8 Å². The Labute approximate surface area is 118 Å². The van der Waals surface area contributed by atoms with E-state index in [0.717, 1.165) is 5.56 Å². The Hall–Kier alpha value is -2.04. The van der Waals surface area contributed by atoms with Crippen LogP contribution >= 0.6 is 0 Å². The fourth-order valence-electron chi connectivity index (χ4n) is 2.19. The molecular weight excluding hydrogens is 258 g/mol. The van der Waals surface area contributed by atoms with Crippen LogP contribution in [0.5, 0.6) is 5.75 Å². The lowest BCUT2D eigenvalue weighted by molar-refractivity contribution is -0.143. The van der Waals surface area contributed by atoms with Crippen molar-refractivity contribution in [3.63, 3.8) is 0 Å². The highest BCUT2D eigenvalue weighted by molar-refractivity contribution is 6.03. The van der Waals surface area contributed by atoms with E-state index >= 15 is 0 Å². The van der Waals surface area contributed by atoms with E-state index in [2.05, 4.69) is 0 Å². The number of ether oxygens (including phenoxy) is 2. The van der Waals surface area contributed by atoms with Gasteiger partial charge in [0, 0.05) is 0 Å². The van der Waals surface area contributed by atoms with Crippen LogP contribution in [0.1, 0.15) is 25.8 Å². The molecule has 2 rings (SSSR count). The number of carbonyl (C=O) groups excluding carboxylic acids is 2. The first-order chi connectivity index (χ1) is 9.56. The van der Waals surface area contributed by atoms with Gasteiger partial charge in [-0.2, -0.15) is 0 Å². The zero-order valence-electron chi connectivity index (χ0n) is 12.0. The molecule has 0 N–H and O–H groups in total. The van der Waals surface area contributed by atoms with Crippen LogP contribution in [-0.4, -0.2) is 31.1 Å². The van der Waals surface area contributed by atoms with E-state index in [1.807, 2.05) is 32.0 Å². The van der Waals surface area contributed by atoms with Crippen LogP contribution in [0.3, 0.4) is 0 Å². The van der Waals surface area contributed by atoms with Crippen LogP contribution < -0.4 is 9.64 Å².